The number of hydrogen-bond acceptors (Lipinski definition) is 6. The summed E-state index contributed by atoms with van der Waals surface area (Å²) in [5.74, 6) is -2.22. The molecule has 0 radical (unpaired) electrons. The van der Waals surface area contributed by atoms with Crippen LogP contribution in [0, 0.1) is 11.8 Å². The van der Waals surface area contributed by atoms with E-state index in [-0.39, 0.29) is 19.1 Å². The van der Waals surface area contributed by atoms with Crippen molar-refractivity contribution < 1.29 is 28.7 Å². The molecule has 2 fully saturated rings. The second-order valence-electron chi connectivity index (χ2n) is 10.7. The number of cyclic esters (lactones) is 2. The zero-order chi connectivity index (χ0) is 29.5. The molecule has 0 N–H and O–H groups in total. The SMILES string of the molecule is C[C@@H](/C=C/C(Cc1ccccc1)C(=O)N1C(=O)OC[C@@H]1Cc1ccccc1)C(=O)N1C(=O)OC[C@@H]1Cc1ccccc1. The van der Waals surface area contributed by atoms with Gasteiger partial charge in [0.1, 0.15) is 13.2 Å². The highest BCUT2D eigenvalue weighted by molar-refractivity contribution is 5.97. The van der Waals surface area contributed by atoms with E-state index in [1.807, 2.05) is 91.0 Å². The van der Waals surface area contributed by atoms with Crippen molar-refractivity contribution in [2.24, 2.45) is 11.8 Å². The Labute approximate surface area is 245 Å². The van der Waals surface area contributed by atoms with Gasteiger partial charge in [0.15, 0.2) is 0 Å². The van der Waals surface area contributed by atoms with Gasteiger partial charge in [0.05, 0.1) is 23.9 Å². The average molecular weight is 567 g/mol. The van der Waals surface area contributed by atoms with Crippen molar-refractivity contribution in [3.05, 3.63) is 120 Å². The second kappa shape index (κ2) is 13.3. The van der Waals surface area contributed by atoms with Gasteiger partial charge in [0.2, 0.25) is 11.8 Å². The molecule has 4 atom stereocenters. The van der Waals surface area contributed by atoms with E-state index in [2.05, 4.69) is 0 Å². The molecule has 5 rings (SSSR count). The fraction of sp³-hybridized carbons (Fsp3) is 0.294. The fourth-order valence-corrected chi connectivity index (χ4v) is 5.42. The molecule has 2 aliphatic rings. The standard InChI is InChI=1S/C34H34N2O6/c1-24(31(37)35-29(22-41-33(35)39)20-26-13-7-3-8-14-26)17-18-28(19-25-11-5-2-6-12-25)32(38)36-30(23-42-34(36)40)21-27-15-9-4-10-16-27/h2-18,24,28-30H,19-23H2,1H3/b18-17+/t24-,28?,29-,30-/m0/s1. The van der Waals surface area contributed by atoms with E-state index >= 15 is 0 Å². The van der Waals surface area contributed by atoms with Crippen LogP contribution < -0.4 is 0 Å². The summed E-state index contributed by atoms with van der Waals surface area (Å²) < 4.78 is 10.5. The van der Waals surface area contributed by atoms with Crippen LogP contribution in [-0.4, -0.2) is 59.1 Å². The number of benzene rings is 3. The number of imide groups is 2. The van der Waals surface area contributed by atoms with E-state index in [9.17, 15) is 19.2 Å². The van der Waals surface area contributed by atoms with Gasteiger partial charge >= 0.3 is 12.2 Å². The Morgan fingerprint density at radius 1 is 0.690 bits per heavy atom. The molecule has 0 saturated carbocycles. The number of ether oxygens (including phenoxy) is 2. The second-order valence-corrected chi connectivity index (χ2v) is 10.7. The average Bonchev–Trinajstić information content (AvgIpc) is 3.56. The van der Waals surface area contributed by atoms with Crippen LogP contribution in [0.4, 0.5) is 9.59 Å². The molecule has 0 aromatic heterocycles. The summed E-state index contributed by atoms with van der Waals surface area (Å²) in [6, 6.07) is 27.9. The van der Waals surface area contributed by atoms with Crippen molar-refractivity contribution in [1.29, 1.82) is 0 Å². The van der Waals surface area contributed by atoms with Crippen LogP contribution in [0.1, 0.15) is 23.6 Å². The van der Waals surface area contributed by atoms with E-state index in [4.69, 9.17) is 9.47 Å². The summed E-state index contributed by atoms with van der Waals surface area (Å²) in [7, 11) is 0. The van der Waals surface area contributed by atoms with Gasteiger partial charge in [-0.1, -0.05) is 110 Å². The molecule has 0 spiro atoms. The Hall–Kier alpha value is -4.72. The third kappa shape index (κ3) is 6.77. The summed E-state index contributed by atoms with van der Waals surface area (Å²) >= 11 is 0. The molecule has 8 nitrogen and oxygen atoms in total. The van der Waals surface area contributed by atoms with Crippen molar-refractivity contribution >= 4 is 24.0 Å². The molecule has 42 heavy (non-hydrogen) atoms. The Morgan fingerprint density at radius 3 is 1.60 bits per heavy atom. The van der Waals surface area contributed by atoms with Gasteiger partial charge in [0.25, 0.3) is 0 Å². The fourth-order valence-electron chi connectivity index (χ4n) is 5.42. The quantitative estimate of drug-likeness (QED) is 0.313. The molecule has 1 unspecified atom stereocenters. The molecular formula is C34H34N2O6. The third-order valence-electron chi connectivity index (χ3n) is 7.66. The number of carbonyl (C=O) groups is 4. The van der Waals surface area contributed by atoms with Gasteiger partial charge in [-0.05, 0) is 36.0 Å². The van der Waals surface area contributed by atoms with Crippen LogP contribution in [0.2, 0.25) is 0 Å². The highest BCUT2D eigenvalue weighted by Crippen LogP contribution is 2.25. The highest BCUT2D eigenvalue weighted by Gasteiger charge is 2.41. The summed E-state index contributed by atoms with van der Waals surface area (Å²) in [6.45, 7) is 1.94. The summed E-state index contributed by atoms with van der Waals surface area (Å²) in [5.41, 5.74) is 2.91. The predicted octanol–water partition coefficient (Wildman–Crippen LogP) is 5.22. The zero-order valence-electron chi connectivity index (χ0n) is 23.5. The molecule has 8 heteroatoms. The minimum Gasteiger partial charge on any atom is -0.447 e. The Morgan fingerprint density at radius 2 is 1.12 bits per heavy atom. The molecule has 3 aromatic rings. The Kier molecular flexibility index (Phi) is 9.12. The maximum absolute atomic E-state index is 13.9. The van der Waals surface area contributed by atoms with Crippen molar-refractivity contribution in [2.75, 3.05) is 13.2 Å². The van der Waals surface area contributed by atoms with Crippen molar-refractivity contribution in [3.63, 3.8) is 0 Å². The van der Waals surface area contributed by atoms with Gasteiger partial charge in [-0.3, -0.25) is 9.59 Å². The predicted molar refractivity (Wildman–Crippen MR) is 156 cm³/mol. The lowest BCUT2D eigenvalue weighted by Crippen LogP contribution is -2.44. The number of rotatable bonds is 10. The summed E-state index contributed by atoms with van der Waals surface area (Å²) in [4.78, 5) is 55.1. The van der Waals surface area contributed by atoms with Crippen LogP contribution >= 0.6 is 0 Å². The normalized spacial score (nSPS) is 19.9. The zero-order valence-corrected chi connectivity index (χ0v) is 23.5. The van der Waals surface area contributed by atoms with E-state index in [1.54, 1.807) is 19.1 Å². The summed E-state index contributed by atoms with van der Waals surface area (Å²) in [5, 5.41) is 0. The largest absolute Gasteiger partial charge is 0.447 e. The van der Waals surface area contributed by atoms with Crippen LogP contribution in [0.3, 0.4) is 0 Å². The molecule has 2 aliphatic heterocycles. The molecule has 2 heterocycles. The van der Waals surface area contributed by atoms with E-state index in [0.717, 1.165) is 16.7 Å². The maximum atomic E-state index is 13.9. The highest BCUT2D eigenvalue weighted by atomic mass is 16.6. The van der Waals surface area contributed by atoms with Gasteiger partial charge in [-0.2, -0.15) is 0 Å². The topological polar surface area (TPSA) is 93.2 Å². The Bertz CT molecular complexity index is 1430. The molecule has 0 bridgehead atoms. The minimum absolute atomic E-state index is 0.121. The van der Waals surface area contributed by atoms with Crippen molar-refractivity contribution in [3.8, 4) is 0 Å². The molecule has 4 amide bonds. The molecule has 0 aliphatic carbocycles. The van der Waals surface area contributed by atoms with E-state index in [1.165, 1.54) is 9.80 Å². The van der Waals surface area contributed by atoms with Crippen molar-refractivity contribution in [1.82, 2.24) is 9.80 Å². The lowest BCUT2D eigenvalue weighted by Gasteiger charge is -2.24. The molecule has 3 aromatic carbocycles. The Balaban J connectivity index is 1.34. The monoisotopic (exact) mass is 566 g/mol. The lowest BCUT2D eigenvalue weighted by atomic mass is 9.94. The number of nitrogens with zero attached hydrogens (tertiary/aromatic N) is 2. The van der Waals surface area contributed by atoms with Gasteiger partial charge in [0, 0.05) is 0 Å². The number of hydrogen-bond donors (Lipinski definition) is 0. The van der Waals surface area contributed by atoms with Gasteiger partial charge in [-0.25, -0.2) is 19.4 Å². The first-order valence-corrected chi connectivity index (χ1v) is 14.2. The molecule has 216 valence electrons. The third-order valence-corrected chi connectivity index (χ3v) is 7.66. The van der Waals surface area contributed by atoms with Crippen LogP contribution in [0.25, 0.3) is 0 Å². The van der Waals surface area contributed by atoms with E-state index in [0.29, 0.717) is 19.3 Å². The maximum Gasteiger partial charge on any atom is 0.417 e. The first-order chi connectivity index (χ1) is 20.4. The van der Waals surface area contributed by atoms with Crippen LogP contribution in [0.5, 0.6) is 0 Å². The summed E-state index contributed by atoms with van der Waals surface area (Å²) in [6.07, 6.45) is 3.30. The minimum atomic E-state index is -0.725. The number of amides is 4. The van der Waals surface area contributed by atoms with Gasteiger partial charge in [-0.15, -0.1) is 0 Å². The van der Waals surface area contributed by atoms with Gasteiger partial charge < -0.3 is 9.47 Å². The smallest absolute Gasteiger partial charge is 0.417 e. The number of carbonyl (C=O) groups excluding carboxylic acids is 4. The first kappa shape index (κ1) is 28.8. The molecule has 2 saturated heterocycles. The van der Waals surface area contributed by atoms with Crippen LogP contribution in [-0.2, 0) is 38.3 Å². The van der Waals surface area contributed by atoms with Crippen LogP contribution in [0.15, 0.2) is 103 Å². The molecular weight excluding hydrogens is 532 g/mol. The first-order valence-electron chi connectivity index (χ1n) is 14.2. The lowest BCUT2D eigenvalue weighted by molar-refractivity contribution is -0.133. The van der Waals surface area contributed by atoms with E-state index < -0.39 is 42.0 Å². The van der Waals surface area contributed by atoms with Crippen molar-refractivity contribution in [2.45, 2.75) is 38.3 Å².